The highest BCUT2D eigenvalue weighted by Crippen LogP contribution is 2.27. The Balaban J connectivity index is 1.50. The molecule has 2 amide bonds. The van der Waals surface area contributed by atoms with Gasteiger partial charge in [0.15, 0.2) is 0 Å². The number of halogens is 3. The summed E-state index contributed by atoms with van der Waals surface area (Å²) in [4.78, 5) is 26.1. The lowest BCUT2D eigenvalue weighted by Crippen LogP contribution is -2.48. The summed E-state index contributed by atoms with van der Waals surface area (Å²) in [6, 6.07) is 4.79. The molecule has 2 saturated heterocycles. The fourth-order valence-electron chi connectivity index (χ4n) is 3.28. The number of carbonyl (C=O) groups is 2. The van der Waals surface area contributed by atoms with Gasteiger partial charge in [0.2, 0.25) is 11.8 Å². The maximum absolute atomic E-state index is 13.2. The van der Waals surface area contributed by atoms with E-state index in [0.717, 1.165) is 0 Å². The number of amides is 2. The zero-order chi connectivity index (χ0) is 18.0. The molecule has 8 heteroatoms. The van der Waals surface area contributed by atoms with Crippen molar-refractivity contribution in [2.75, 3.05) is 25.0 Å². The predicted molar refractivity (Wildman–Crippen MR) is 85.7 cm³/mol. The van der Waals surface area contributed by atoms with Gasteiger partial charge in [0.1, 0.15) is 5.82 Å². The molecule has 2 heterocycles. The van der Waals surface area contributed by atoms with E-state index in [1.165, 1.54) is 23.1 Å². The van der Waals surface area contributed by atoms with Crippen LogP contribution in [0, 0.1) is 11.7 Å². The number of alkyl halides is 2. The lowest BCUT2D eigenvalue weighted by atomic mass is 9.95. The molecule has 3 rings (SSSR count). The minimum Gasteiger partial charge on any atom is -0.341 e. The van der Waals surface area contributed by atoms with Crippen LogP contribution in [-0.4, -0.2) is 48.3 Å². The largest absolute Gasteiger partial charge is 0.341 e. The predicted octanol–water partition coefficient (Wildman–Crippen LogP) is 2.00. The maximum Gasteiger partial charge on any atom is 0.262 e. The van der Waals surface area contributed by atoms with Crippen LogP contribution in [-0.2, 0) is 9.59 Å². The van der Waals surface area contributed by atoms with E-state index in [1.54, 1.807) is 6.07 Å². The van der Waals surface area contributed by atoms with Gasteiger partial charge in [-0.1, -0.05) is 6.07 Å². The van der Waals surface area contributed by atoms with E-state index in [0.29, 0.717) is 31.6 Å². The van der Waals surface area contributed by atoms with Crippen LogP contribution in [0.25, 0.3) is 0 Å². The molecule has 25 heavy (non-hydrogen) atoms. The number of nitrogens with zero attached hydrogens (tertiary/aromatic N) is 1. The fraction of sp³-hybridized carbons (Fsp3) is 0.529. The first-order valence-electron chi connectivity index (χ1n) is 8.30. The number of rotatable bonds is 3. The van der Waals surface area contributed by atoms with Gasteiger partial charge in [-0.3, -0.25) is 14.9 Å². The third-order valence-electron chi connectivity index (χ3n) is 4.68. The van der Waals surface area contributed by atoms with Gasteiger partial charge in [-0.25, -0.2) is 13.2 Å². The normalized spacial score (nSPS) is 23.5. The Hall–Kier alpha value is -2.09. The Labute approximate surface area is 143 Å². The van der Waals surface area contributed by atoms with Crippen LogP contribution in [0.1, 0.15) is 19.3 Å². The van der Waals surface area contributed by atoms with Crippen LogP contribution in [0.2, 0.25) is 0 Å². The highest BCUT2D eigenvalue weighted by Gasteiger charge is 2.44. The molecule has 0 radical (unpaired) electrons. The van der Waals surface area contributed by atoms with Crippen LogP contribution in [0.4, 0.5) is 18.9 Å². The van der Waals surface area contributed by atoms with Crippen molar-refractivity contribution < 1.29 is 22.8 Å². The molecular formula is C17H20F3N3O2. The molecule has 2 fully saturated rings. The summed E-state index contributed by atoms with van der Waals surface area (Å²) in [5.74, 6) is -4.11. The molecule has 1 aromatic carbocycles. The monoisotopic (exact) mass is 355 g/mol. The Morgan fingerprint density at radius 1 is 1.24 bits per heavy atom. The van der Waals surface area contributed by atoms with Crippen LogP contribution in [0.15, 0.2) is 24.3 Å². The van der Waals surface area contributed by atoms with Gasteiger partial charge >= 0.3 is 0 Å². The molecule has 0 saturated carbocycles. The second-order valence-corrected chi connectivity index (χ2v) is 6.59. The van der Waals surface area contributed by atoms with Crippen molar-refractivity contribution in [2.24, 2.45) is 5.92 Å². The molecule has 0 bridgehead atoms. The quantitative estimate of drug-likeness (QED) is 0.872. The average Bonchev–Trinajstić information content (AvgIpc) is 2.94. The van der Waals surface area contributed by atoms with E-state index in [9.17, 15) is 22.8 Å². The smallest absolute Gasteiger partial charge is 0.262 e. The highest BCUT2D eigenvalue weighted by atomic mass is 19.3. The molecule has 1 unspecified atom stereocenters. The molecule has 5 nitrogen and oxygen atoms in total. The van der Waals surface area contributed by atoms with Gasteiger partial charge < -0.3 is 10.2 Å². The van der Waals surface area contributed by atoms with Crippen molar-refractivity contribution in [3.63, 3.8) is 0 Å². The Bertz CT molecular complexity index is 660. The summed E-state index contributed by atoms with van der Waals surface area (Å²) in [5, 5.41) is 5.23. The van der Waals surface area contributed by atoms with E-state index >= 15 is 0 Å². The number of carbonyl (C=O) groups excluding carboxylic acids is 2. The molecule has 0 spiro atoms. The second kappa shape index (κ2) is 7.03. The van der Waals surface area contributed by atoms with Crippen LogP contribution >= 0.6 is 0 Å². The first-order chi connectivity index (χ1) is 11.8. The summed E-state index contributed by atoms with van der Waals surface area (Å²) in [6.45, 7) is 0.226. The number of nitrogens with one attached hydrogen (secondary N) is 2. The molecule has 1 aromatic rings. The van der Waals surface area contributed by atoms with E-state index < -0.39 is 30.7 Å². The summed E-state index contributed by atoms with van der Waals surface area (Å²) in [7, 11) is 0. The first-order valence-corrected chi connectivity index (χ1v) is 8.30. The molecule has 1 atom stereocenters. The topological polar surface area (TPSA) is 61.4 Å². The van der Waals surface area contributed by atoms with Gasteiger partial charge in [0.05, 0.1) is 12.6 Å². The summed E-state index contributed by atoms with van der Waals surface area (Å²) >= 11 is 0. The lowest BCUT2D eigenvalue weighted by molar-refractivity contribution is -0.136. The Morgan fingerprint density at radius 2 is 1.96 bits per heavy atom. The third kappa shape index (κ3) is 4.31. The van der Waals surface area contributed by atoms with E-state index in [1.807, 2.05) is 0 Å². The number of piperidine rings is 1. The lowest BCUT2D eigenvalue weighted by Gasteiger charge is -2.33. The highest BCUT2D eigenvalue weighted by molar-refractivity contribution is 5.92. The van der Waals surface area contributed by atoms with Gasteiger partial charge in [-0.05, 0) is 31.0 Å². The van der Waals surface area contributed by atoms with Gasteiger partial charge in [-0.15, -0.1) is 0 Å². The fourth-order valence-corrected chi connectivity index (χ4v) is 3.28. The molecule has 2 N–H and O–H groups in total. The maximum atomic E-state index is 13.2. The number of hydrogen-bond acceptors (Lipinski definition) is 3. The first kappa shape index (κ1) is 17.7. The van der Waals surface area contributed by atoms with E-state index in [2.05, 4.69) is 10.6 Å². The van der Waals surface area contributed by atoms with Crippen molar-refractivity contribution in [3.8, 4) is 0 Å². The standard InChI is InChI=1S/C17H20F3N3O2/c18-12-2-1-3-13(8-12)22-15(24)11-4-6-23(7-5-11)16(25)14-9-17(19,20)10-21-14/h1-3,8,11,14,21H,4-7,9-10H2,(H,22,24). The van der Waals surface area contributed by atoms with Crippen molar-refractivity contribution in [3.05, 3.63) is 30.1 Å². The number of likely N-dealkylation sites (tertiary alicyclic amines) is 1. The molecule has 0 aromatic heterocycles. The summed E-state index contributed by atoms with van der Waals surface area (Å²) in [6.07, 6.45) is 0.428. The summed E-state index contributed by atoms with van der Waals surface area (Å²) < 4.78 is 39.6. The van der Waals surface area contributed by atoms with Crippen molar-refractivity contribution in [2.45, 2.75) is 31.2 Å². The van der Waals surface area contributed by atoms with E-state index in [-0.39, 0.29) is 17.7 Å². The van der Waals surface area contributed by atoms with Crippen LogP contribution < -0.4 is 10.6 Å². The van der Waals surface area contributed by atoms with Gasteiger partial charge in [0, 0.05) is 31.1 Å². The second-order valence-electron chi connectivity index (χ2n) is 6.59. The Morgan fingerprint density at radius 3 is 2.56 bits per heavy atom. The number of benzene rings is 1. The van der Waals surface area contributed by atoms with Gasteiger partial charge in [0.25, 0.3) is 5.92 Å². The number of hydrogen-bond donors (Lipinski definition) is 2. The van der Waals surface area contributed by atoms with Crippen molar-refractivity contribution in [1.82, 2.24) is 10.2 Å². The third-order valence-corrected chi connectivity index (χ3v) is 4.68. The summed E-state index contributed by atoms with van der Waals surface area (Å²) in [5.41, 5.74) is 0.390. The number of anilines is 1. The molecule has 2 aliphatic rings. The zero-order valence-corrected chi connectivity index (χ0v) is 13.6. The van der Waals surface area contributed by atoms with Crippen molar-refractivity contribution >= 4 is 17.5 Å². The molecule has 2 aliphatic heterocycles. The molecule has 0 aliphatic carbocycles. The minimum atomic E-state index is -2.84. The van der Waals surface area contributed by atoms with Crippen LogP contribution in [0.3, 0.4) is 0 Å². The molecular weight excluding hydrogens is 335 g/mol. The van der Waals surface area contributed by atoms with E-state index in [4.69, 9.17) is 0 Å². The van der Waals surface area contributed by atoms with Crippen molar-refractivity contribution in [1.29, 1.82) is 0 Å². The SMILES string of the molecule is O=C(Nc1cccc(F)c1)C1CCN(C(=O)C2CC(F)(F)CN2)CC1. The van der Waals surface area contributed by atoms with Gasteiger partial charge in [-0.2, -0.15) is 0 Å². The minimum absolute atomic E-state index is 0.219. The molecule has 136 valence electrons. The zero-order valence-electron chi connectivity index (χ0n) is 13.6. The Kier molecular flexibility index (Phi) is 4.99. The van der Waals surface area contributed by atoms with Crippen LogP contribution in [0.5, 0.6) is 0 Å². The average molecular weight is 355 g/mol.